The fourth-order valence-corrected chi connectivity index (χ4v) is 2.47. The van der Waals surface area contributed by atoms with Crippen LogP contribution in [-0.2, 0) is 4.74 Å². The number of pyridine rings is 1. The lowest BCUT2D eigenvalue weighted by Gasteiger charge is -2.32. The number of nitrogens with zero attached hydrogens (tertiary/aromatic N) is 2. The van der Waals surface area contributed by atoms with Crippen molar-refractivity contribution in [1.29, 1.82) is 0 Å². The van der Waals surface area contributed by atoms with Crippen LogP contribution in [0.1, 0.15) is 49.7 Å². The van der Waals surface area contributed by atoms with Gasteiger partial charge in [-0.05, 0) is 52.2 Å². The number of ketones is 1. The van der Waals surface area contributed by atoms with E-state index in [4.69, 9.17) is 4.74 Å². The summed E-state index contributed by atoms with van der Waals surface area (Å²) in [5.74, 6) is 0.0118. The van der Waals surface area contributed by atoms with E-state index in [9.17, 15) is 9.59 Å². The number of rotatable bonds is 2. The molecule has 0 atom stereocenters. The summed E-state index contributed by atoms with van der Waals surface area (Å²) in [4.78, 5) is 30.3. The first-order chi connectivity index (χ1) is 10.3. The minimum absolute atomic E-state index is 0.0612. The molecule has 0 N–H and O–H groups in total. The van der Waals surface area contributed by atoms with Crippen LogP contribution in [0.3, 0.4) is 0 Å². The summed E-state index contributed by atoms with van der Waals surface area (Å²) in [5.41, 5.74) is 1.06. The van der Waals surface area contributed by atoms with Crippen LogP contribution in [0.15, 0.2) is 18.3 Å². The van der Waals surface area contributed by atoms with Crippen LogP contribution >= 0.6 is 0 Å². The zero-order chi connectivity index (χ0) is 16.3. The Morgan fingerprint density at radius 3 is 2.36 bits per heavy atom. The molecule has 1 saturated heterocycles. The highest BCUT2D eigenvalue weighted by Gasteiger charge is 2.30. The molecule has 120 valence electrons. The smallest absolute Gasteiger partial charge is 0.410 e. The van der Waals surface area contributed by atoms with E-state index in [0.717, 1.165) is 5.56 Å². The molecule has 1 amide bonds. The quantitative estimate of drug-likeness (QED) is 0.787. The monoisotopic (exact) mass is 304 g/mol. The predicted octanol–water partition coefficient (Wildman–Crippen LogP) is 3.22. The van der Waals surface area contributed by atoms with E-state index >= 15 is 0 Å². The van der Waals surface area contributed by atoms with E-state index in [1.807, 2.05) is 33.8 Å². The molecule has 0 bridgehead atoms. The van der Waals surface area contributed by atoms with Crippen molar-refractivity contribution in [3.8, 4) is 0 Å². The molecule has 5 nitrogen and oxygen atoms in total. The third-order valence-electron chi connectivity index (χ3n) is 3.68. The molecule has 0 saturated carbocycles. The van der Waals surface area contributed by atoms with Crippen LogP contribution in [0.25, 0.3) is 0 Å². The largest absolute Gasteiger partial charge is 0.444 e. The van der Waals surface area contributed by atoms with Gasteiger partial charge in [0.1, 0.15) is 11.3 Å². The van der Waals surface area contributed by atoms with Gasteiger partial charge in [0.15, 0.2) is 5.78 Å². The number of carbonyl (C=O) groups excluding carboxylic acids is 2. The molecule has 1 aliphatic heterocycles. The summed E-state index contributed by atoms with van der Waals surface area (Å²) in [7, 11) is 0. The highest BCUT2D eigenvalue weighted by Crippen LogP contribution is 2.22. The molecule has 1 aromatic heterocycles. The average Bonchev–Trinajstić information content (AvgIpc) is 2.46. The lowest BCUT2D eigenvalue weighted by Crippen LogP contribution is -2.43. The normalized spacial score (nSPS) is 16.5. The second-order valence-corrected chi connectivity index (χ2v) is 6.83. The molecule has 0 aliphatic carbocycles. The van der Waals surface area contributed by atoms with Gasteiger partial charge in [-0.3, -0.25) is 9.78 Å². The number of aromatic nitrogens is 1. The number of Topliss-reactive ketones (excluding diaryl/α,β-unsaturated/α-hetero) is 1. The number of aryl methyl sites for hydroxylation is 1. The van der Waals surface area contributed by atoms with E-state index < -0.39 is 5.60 Å². The second-order valence-electron chi connectivity index (χ2n) is 6.83. The standard InChI is InChI=1S/C17H24N2O3/c1-12-5-6-14(18-11-12)15(20)13-7-9-19(10-8-13)16(21)22-17(2,3)4/h5-6,11,13H,7-10H2,1-4H3. The first kappa shape index (κ1) is 16.5. The third-order valence-corrected chi connectivity index (χ3v) is 3.68. The van der Waals surface area contributed by atoms with Gasteiger partial charge in [-0.1, -0.05) is 6.07 Å². The number of amides is 1. The van der Waals surface area contributed by atoms with Crippen LogP contribution < -0.4 is 0 Å². The van der Waals surface area contributed by atoms with Crippen molar-refractivity contribution in [3.05, 3.63) is 29.6 Å². The van der Waals surface area contributed by atoms with E-state index in [0.29, 0.717) is 31.6 Å². The van der Waals surface area contributed by atoms with Crippen LogP contribution in [0.4, 0.5) is 4.79 Å². The minimum atomic E-state index is -0.491. The summed E-state index contributed by atoms with van der Waals surface area (Å²) < 4.78 is 5.36. The first-order valence-corrected chi connectivity index (χ1v) is 7.71. The number of ether oxygens (including phenoxy) is 1. The Labute approximate surface area is 131 Å². The van der Waals surface area contributed by atoms with Gasteiger partial charge >= 0.3 is 6.09 Å². The van der Waals surface area contributed by atoms with Crippen LogP contribution in [0.2, 0.25) is 0 Å². The van der Waals surface area contributed by atoms with E-state index in [1.165, 1.54) is 0 Å². The van der Waals surface area contributed by atoms with Gasteiger partial charge in [0.2, 0.25) is 0 Å². The molecule has 0 spiro atoms. The van der Waals surface area contributed by atoms with Gasteiger partial charge in [0.25, 0.3) is 0 Å². The van der Waals surface area contributed by atoms with E-state index in [1.54, 1.807) is 17.2 Å². The maximum atomic E-state index is 12.4. The van der Waals surface area contributed by atoms with Crippen molar-refractivity contribution in [2.75, 3.05) is 13.1 Å². The van der Waals surface area contributed by atoms with Crippen molar-refractivity contribution in [2.45, 2.75) is 46.1 Å². The van der Waals surface area contributed by atoms with Crippen molar-refractivity contribution >= 4 is 11.9 Å². The molecule has 1 fully saturated rings. The van der Waals surface area contributed by atoms with Crippen molar-refractivity contribution in [1.82, 2.24) is 9.88 Å². The number of hydrogen-bond donors (Lipinski definition) is 0. The zero-order valence-electron chi connectivity index (χ0n) is 13.8. The molecule has 22 heavy (non-hydrogen) atoms. The van der Waals surface area contributed by atoms with Gasteiger partial charge in [-0.25, -0.2) is 4.79 Å². The van der Waals surface area contributed by atoms with Crippen molar-refractivity contribution in [2.24, 2.45) is 5.92 Å². The highest BCUT2D eigenvalue weighted by atomic mass is 16.6. The summed E-state index contributed by atoms with van der Waals surface area (Å²) in [5, 5.41) is 0. The fraction of sp³-hybridized carbons (Fsp3) is 0.588. The molecular weight excluding hydrogens is 280 g/mol. The molecule has 0 aromatic carbocycles. The Hall–Kier alpha value is -1.91. The van der Waals surface area contributed by atoms with Gasteiger partial charge < -0.3 is 9.64 Å². The number of carbonyl (C=O) groups is 2. The number of likely N-dealkylation sites (tertiary alicyclic amines) is 1. The second kappa shape index (κ2) is 6.46. The molecule has 1 aromatic rings. The van der Waals surface area contributed by atoms with E-state index in [-0.39, 0.29) is 17.8 Å². The summed E-state index contributed by atoms with van der Waals surface area (Å²) in [6, 6.07) is 3.67. The topological polar surface area (TPSA) is 59.5 Å². The van der Waals surface area contributed by atoms with Gasteiger partial charge in [0.05, 0.1) is 0 Å². The predicted molar refractivity (Wildman–Crippen MR) is 83.8 cm³/mol. The highest BCUT2D eigenvalue weighted by molar-refractivity contribution is 5.96. The Kier molecular flexibility index (Phi) is 4.84. The molecule has 1 aliphatic rings. The maximum absolute atomic E-state index is 12.4. The van der Waals surface area contributed by atoms with Crippen molar-refractivity contribution < 1.29 is 14.3 Å². The fourth-order valence-electron chi connectivity index (χ4n) is 2.47. The molecule has 0 unspecified atom stereocenters. The Morgan fingerprint density at radius 2 is 1.86 bits per heavy atom. The van der Waals surface area contributed by atoms with Crippen LogP contribution in [0.5, 0.6) is 0 Å². The summed E-state index contributed by atoms with van der Waals surface area (Å²) >= 11 is 0. The molecule has 5 heteroatoms. The lowest BCUT2D eigenvalue weighted by atomic mass is 9.91. The minimum Gasteiger partial charge on any atom is -0.444 e. The van der Waals surface area contributed by atoms with Gasteiger partial charge in [-0.2, -0.15) is 0 Å². The summed E-state index contributed by atoms with van der Waals surface area (Å²) in [6.07, 6.45) is 2.73. The van der Waals surface area contributed by atoms with Gasteiger partial charge in [0, 0.05) is 25.2 Å². The third kappa shape index (κ3) is 4.29. The Bertz CT molecular complexity index is 538. The summed E-state index contributed by atoms with van der Waals surface area (Å²) in [6.45, 7) is 8.60. The molecular formula is C17H24N2O3. The number of hydrogen-bond acceptors (Lipinski definition) is 4. The van der Waals surface area contributed by atoms with Crippen molar-refractivity contribution in [3.63, 3.8) is 0 Å². The molecule has 2 heterocycles. The maximum Gasteiger partial charge on any atom is 0.410 e. The number of piperidine rings is 1. The van der Waals surface area contributed by atoms with Crippen LogP contribution in [0, 0.1) is 12.8 Å². The molecule has 2 rings (SSSR count). The molecule has 0 radical (unpaired) electrons. The van der Waals surface area contributed by atoms with Gasteiger partial charge in [-0.15, -0.1) is 0 Å². The Balaban J connectivity index is 1.90. The zero-order valence-corrected chi connectivity index (χ0v) is 13.8. The van der Waals surface area contributed by atoms with Crippen LogP contribution in [-0.4, -0.2) is 40.5 Å². The van der Waals surface area contributed by atoms with E-state index in [2.05, 4.69) is 4.98 Å². The average molecular weight is 304 g/mol. The Morgan fingerprint density at radius 1 is 1.23 bits per heavy atom. The SMILES string of the molecule is Cc1ccc(C(=O)C2CCN(C(=O)OC(C)(C)C)CC2)nc1. The lowest BCUT2D eigenvalue weighted by molar-refractivity contribution is 0.0182. The first-order valence-electron chi connectivity index (χ1n) is 7.71.